The van der Waals surface area contributed by atoms with Crippen LogP contribution in [0.5, 0.6) is 17.2 Å². The van der Waals surface area contributed by atoms with Crippen LogP contribution in [0.15, 0.2) is 12.1 Å². The van der Waals surface area contributed by atoms with Gasteiger partial charge >= 0.3 is 0 Å². The number of hydrogen-bond acceptors (Lipinski definition) is 4. The van der Waals surface area contributed by atoms with Gasteiger partial charge in [-0.2, -0.15) is 0 Å². The lowest BCUT2D eigenvalue weighted by molar-refractivity contribution is 0.112. The molecule has 15 heavy (non-hydrogen) atoms. The Balaban J connectivity index is 2.94. The lowest BCUT2D eigenvalue weighted by Gasteiger charge is -2.11. The number of rotatable bonds is 4. The molecule has 0 aliphatic rings. The highest BCUT2D eigenvalue weighted by Crippen LogP contribution is 2.36. The second-order valence-electron chi connectivity index (χ2n) is 3.71. The molecule has 0 aliphatic carbocycles. The van der Waals surface area contributed by atoms with E-state index in [4.69, 9.17) is 4.74 Å². The smallest absolute Gasteiger partial charge is 0.200 e. The normalized spacial score (nSPS) is 10.3. The van der Waals surface area contributed by atoms with Crippen LogP contribution in [-0.4, -0.2) is 23.1 Å². The summed E-state index contributed by atoms with van der Waals surface area (Å²) in [5, 5.41) is 18.7. The van der Waals surface area contributed by atoms with Crippen LogP contribution in [0, 0.1) is 5.92 Å². The van der Waals surface area contributed by atoms with Gasteiger partial charge in [0, 0.05) is 5.56 Å². The Labute approximate surface area is 88.1 Å². The van der Waals surface area contributed by atoms with Crippen LogP contribution in [-0.2, 0) is 0 Å². The van der Waals surface area contributed by atoms with Crippen LogP contribution in [0.2, 0.25) is 0 Å². The summed E-state index contributed by atoms with van der Waals surface area (Å²) in [6.07, 6.45) is 0.585. The standard InChI is InChI=1S/C11H14O4/c1-7(2)6-15-10-4-8(5-12)3-9(13)11(10)14/h3-5,7,13-14H,6H2,1-2H3. The van der Waals surface area contributed by atoms with Crippen LogP contribution in [0.1, 0.15) is 24.2 Å². The molecule has 1 aromatic carbocycles. The highest BCUT2D eigenvalue weighted by molar-refractivity contribution is 5.78. The van der Waals surface area contributed by atoms with Crippen molar-refractivity contribution >= 4 is 6.29 Å². The van der Waals surface area contributed by atoms with E-state index in [0.717, 1.165) is 0 Å². The minimum atomic E-state index is -0.349. The van der Waals surface area contributed by atoms with Gasteiger partial charge in [0.15, 0.2) is 11.5 Å². The number of carbonyl (C=O) groups excluding carboxylic acids is 1. The third-order valence-electron chi connectivity index (χ3n) is 1.79. The second kappa shape index (κ2) is 4.68. The van der Waals surface area contributed by atoms with Crippen LogP contribution in [0.25, 0.3) is 0 Å². The molecule has 0 aromatic heterocycles. The first-order chi connectivity index (χ1) is 7.04. The maximum Gasteiger partial charge on any atom is 0.200 e. The zero-order chi connectivity index (χ0) is 11.4. The molecule has 1 aromatic rings. The van der Waals surface area contributed by atoms with Crippen molar-refractivity contribution in [2.24, 2.45) is 5.92 Å². The van der Waals surface area contributed by atoms with Crippen molar-refractivity contribution in [2.75, 3.05) is 6.61 Å². The number of carbonyl (C=O) groups is 1. The first kappa shape index (κ1) is 11.4. The van der Waals surface area contributed by atoms with Crippen LogP contribution >= 0.6 is 0 Å². The number of ether oxygens (including phenoxy) is 1. The summed E-state index contributed by atoms with van der Waals surface area (Å²) >= 11 is 0. The Morgan fingerprint density at radius 1 is 1.40 bits per heavy atom. The summed E-state index contributed by atoms with van der Waals surface area (Å²) in [6, 6.07) is 2.58. The van der Waals surface area contributed by atoms with Gasteiger partial charge in [-0.1, -0.05) is 13.8 Å². The topological polar surface area (TPSA) is 66.8 Å². The zero-order valence-electron chi connectivity index (χ0n) is 8.73. The molecular formula is C11H14O4. The van der Waals surface area contributed by atoms with Crippen molar-refractivity contribution in [3.63, 3.8) is 0 Å². The van der Waals surface area contributed by atoms with Gasteiger partial charge in [0.05, 0.1) is 6.61 Å². The predicted molar refractivity (Wildman–Crippen MR) is 55.5 cm³/mol. The van der Waals surface area contributed by atoms with Crippen molar-refractivity contribution in [2.45, 2.75) is 13.8 Å². The van der Waals surface area contributed by atoms with E-state index in [2.05, 4.69) is 0 Å². The molecule has 0 saturated carbocycles. The fourth-order valence-electron chi connectivity index (χ4n) is 1.05. The number of aldehydes is 1. The van der Waals surface area contributed by atoms with Crippen molar-refractivity contribution in [1.29, 1.82) is 0 Å². The van der Waals surface area contributed by atoms with Gasteiger partial charge in [-0.25, -0.2) is 0 Å². The molecule has 0 unspecified atom stereocenters. The van der Waals surface area contributed by atoms with Gasteiger partial charge in [-0.15, -0.1) is 0 Å². The fourth-order valence-corrected chi connectivity index (χ4v) is 1.05. The molecule has 0 amide bonds. The molecule has 82 valence electrons. The van der Waals surface area contributed by atoms with Crippen molar-refractivity contribution < 1.29 is 19.7 Å². The van der Waals surface area contributed by atoms with E-state index in [-0.39, 0.29) is 22.8 Å². The molecule has 0 heterocycles. The second-order valence-corrected chi connectivity index (χ2v) is 3.71. The Bertz CT molecular complexity index is 358. The van der Waals surface area contributed by atoms with Crippen LogP contribution in [0.4, 0.5) is 0 Å². The molecule has 0 fully saturated rings. The molecule has 0 aliphatic heterocycles. The first-order valence-corrected chi connectivity index (χ1v) is 4.68. The fraction of sp³-hybridized carbons (Fsp3) is 0.364. The van der Waals surface area contributed by atoms with Gasteiger partial charge in [0.1, 0.15) is 6.29 Å². The van der Waals surface area contributed by atoms with Crippen molar-refractivity contribution in [3.8, 4) is 17.2 Å². The average Bonchev–Trinajstić information content (AvgIpc) is 2.19. The molecule has 1 rings (SSSR count). The van der Waals surface area contributed by atoms with Gasteiger partial charge in [-0.3, -0.25) is 4.79 Å². The Kier molecular flexibility index (Phi) is 3.55. The van der Waals surface area contributed by atoms with E-state index in [9.17, 15) is 15.0 Å². The lowest BCUT2D eigenvalue weighted by Crippen LogP contribution is -2.04. The molecule has 0 bridgehead atoms. The van der Waals surface area contributed by atoms with E-state index in [1.165, 1.54) is 12.1 Å². The first-order valence-electron chi connectivity index (χ1n) is 4.68. The maximum absolute atomic E-state index is 10.5. The largest absolute Gasteiger partial charge is 0.504 e. The van der Waals surface area contributed by atoms with Crippen LogP contribution in [0.3, 0.4) is 0 Å². The van der Waals surface area contributed by atoms with Crippen molar-refractivity contribution in [1.82, 2.24) is 0 Å². The quantitative estimate of drug-likeness (QED) is 0.588. The molecular weight excluding hydrogens is 196 g/mol. The third kappa shape index (κ3) is 2.87. The Morgan fingerprint density at radius 3 is 2.60 bits per heavy atom. The summed E-state index contributed by atoms with van der Waals surface area (Å²) in [5.74, 6) is -0.253. The monoisotopic (exact) mass is 210 g/mol. The van der Waals surface area contributed by atoms with E-state index < -0.39 is 0 Å². The summed E-state index contributed by atoms with van der Waals surface area (Å²) in [4.78, 5) is 10.5. The van der Waals surface area contributed by atoms with Gasteiger partial charge < -0.3 is 14.9 Å². The molecule has 0 saturated heterocycles. The molecule has 0 spiro atoms. The van der Waals surface area contributed by atoms with E-state index in [1.54, 1.807) is 0 Å². The van der Waals surface area contributed by atoms with Gasteiger partial charge in [-0.05, 0) is 18.1 Å². The highest BCUT2D eigenvalue weighted by Gasteiger charge is 2.10. The SMILES string of the molecule is CC(C)COc1cc(C=O)cc(O)c1O. The van der Waals surface area contributed by atoms with Crippen molar-refractivity contribution in [3.05, 3.63) is 17.7 Å². The molecule has 4 nitrogen and oxygen atoms in total. The Morgan fingerprint density at radius 2 is 2.07 bits per heavy atom. The molecule has 4 heteroatoms. The number of phenolic OH excluding ortho intramolecular Hbond substituents is 2. The molecule has 0 radical (unpaired) electrons. The minimum absolute atomic E-state index is 0.130. The van der Waals surface area contributed by atoms with E-state index in [1.807, 2.05) is 13.8 Å². The number of phenols is 2. The summed E-state index contributed by atoms with van der Waals surface area (Å²) < 4.78 is 5.25. The summed E-state index contributed by atoms with van der Waals surface area (Å²) in [7, 11) is 0. The summed E-state index contributed by atoms with van der Waals surface area (Å²) in [5.41, 5.74) is 0.268. The van der Waals surface area contributed by atoms with Gasteiger partial charge in [0.25, 0.3) is 0 Å². The number of benzene rings is 1. The van der Waals surface area contributed by atoms with Gasteiger partial charge in [0.2, 0.25) is 5.75 Å². The maximum atomic E-state index is 10.5. The number of aromatic hydroxyl groups is 2. The third-order valence-corrected chi connectivity index (χ3v) is 1.79. The zero-order valence-corrected chi connectivity index (χ0v) is 8.73. The average molecular weight is 210 g/mol. The molecule has 0 atom stereocenters. The van der Waals surface area contributed by atoms with E-state index >= 15 is 0 Å². The highest BCUT2D eigenvalue weighted by atomic mass is 16.5. The Hall–Kier alpha value is -1.71. The summed E-state index contributed by atoms with van der Waals surface area (Å²) in [6.45, 7) is 4.33. The predicted octanol–water partition coefficient (Wildman–Crippen LogP) is 1.95. The van der Waals surface area contributed by atoms with E-state index in [0.29, 0.717) is 18.8 Å². The van der Waals surface area contributed by atoms with Crippen LogP contribution < -0.4 is 4.74 Å². The molecule has 2 N–H and O–H groups in total. The lowest BCUT2D eigenvalue weighted by atomic mass is 10.2. The minimum Gasteiger partial charge on any atom is -0.504 e. The number of hydrogen-bond donors (Lipinski definition) is 2.